The smallest absolute Gasteiger partial charge is 0.250 e. The molecule has 3 nitrogen and oxygen atoms in total. The van der Waals surface area contributed by atoms with Gasteiger partial charge in [-0.25, -0.2) is 0 Å². The van der Waals surface area contributed by atoms with E-state index >= 15 is 0 Å². The van der Waals surface area contributed by atoms with Crippen molar-refractivity contribution in [1.29, 1.82) is 0 Å². The molecule has 2 unspecified atom stereocenters. The van der Waals surface area contributed by atoms with Crippen LogP contribution in [0.3, 0.4) is 0 Å². The summed E-state index contributed by atoms with van der Waals surface area (Å²) < 4.78 is 2.02. The molecule has 2 aliphatic heterocycles. The van der Waals surface area contributed by atoms with Crippen molar-refractivity contribution >= 4 is 12.4 Å². The summed E-state index contributed by atoms with van der Waals surface area (Å²) >= 11 is 0. The number of rotatable bonds is 1. The van der Waals surface area contributed by atoms with Crippen LogP contribution in [0.5, 0.6) is 0 Å². The summed E-state index contributed by atoms with van der Waals surface area (Å²) in [7, 11) is 0. The van der Waals surface area contributed by atoms with Crippen LogP contribution in [-0.4, -0.2) is 17.7 Å². The third-order valence-corrected chi connectivity index (χ3v) is 4.58. The number of hydrogen-bond acceptors (Lipinski definition) is 2. The average Bonchev–Trinajstić information content (AvgIpc) is 2.50. The Kier molecular flexibility index (Phi) is 3.87. The first-order chi connectivity index (χ1) is 9.83. The van der Waals surface area contributed by atoms with E-state index in [0.29, 0.717) is 11.8 Å². The number of piperidine rings is 1. The van der Waals surface area contributed by atoms with Crippen molar-refractivity contribution < 1.29 is 0 Å². The van der Waals surface area contributed by atoms with Crippen LogP contribution >= 0.6 is 12.4 Å². The van der Waals surface area contributed by atoms with Crippen LogP contribution in [-0.2, 0) is 6.54 Å². The molecule has 3 heterocycles. The molecule has 2 atom stereocenters. The molecule has 0 amide bonds. The molecular weight excluding hydrogens is 284 g/mol. The fraction of sp³-hybridized carbons (Fsp3) is 0.353. The zero-order chi connectivity index (χ0) is 13.5. The molecular formula is C17H19ClN2O. The topological polar surface area (TPSA) is 34.0 Å². The standard InChI is InChI=1S/C17H18N2O.ClH/c20-16-7-6-15(13-4-2-1-3-5-13)17-14-8-12(9-18-10-14)11-19(16)17;/h1-7,12,14,18H,8-11H2;1H. The van der Waals surface area contributed by atoms with E-state index in [0.717, 1.165) is 19.6 Å². The van der Waals surface area contributed by atoms with E-state index in [4.69, 9.17) is 0 Å². The first kappa shape index (κ1) is 14.4. The van der Waals surface area contributed by atoms with Gasteiger partial charge in [0.15, 0.2) is 0 Å². The molecule has 4 rings (SSSR count). The van der Waals surface area contributed by atoms with Crippen molar-refractivity contribution in [3.63, 3.8) is 0 Å². The third-order valence-electron chi connectivity index (χ3n) is 4.58. The van der Waals surface area contributed by atoms with E-state index in [1.165, 1.54) is 23.2 Å². The molecule has 1 aromatic carbocycles. The van der Waals surface area contributed by atoms with E-state index < -0.39 is 0 Å². The van der Waals surface area contributed by atoms with Crippen molar-refractivity contribution in [2.75, 3.05) is 13.1 Å². The Morgan fingerprint density at radius 3 is 2.67 bits per heavy atom. The Hall–Kier alpha value is -1.58. The lowest BCUT2D eigenvalue weighted by atomic mass is 9.81. The molecule has 0 radical (unpaired) electrons. The summed E-state index contributed by atoms with van der Waals surface area (Å²) in [4.78, 5) is 12.2. The minimum absolute atomic E-state index is 0. The second-order valence-electron chi connectivity index (χ2n) is 5.90. The fourth-order valence-electron chi connectivity index (χ4n) is 3.72. The molecule has 2 aliphatic rings. The summed E-state index contributed by atoms with van der Waals surface area (Å²) in [5.41, 5.74) is 3.81. The van der Waals surface area contributed by atoms with Gasteiger partial charge in [0.1, 0.15) is 0 Å². The molecule has 2 bridgehead atoms. The SMILES string of the molecule is Cl.O=c1ccc(-c2ccccc2)c2n1CC1CNCC2C1. The Balaban J connectivity index is 0.00000132. The summed E-state index contributed by atoms with van der Waals surface area (Å²) in [6.07, 6.45) is 1.20. The monoisotopic (exact) mass is 302 g/mol. The molecule has 0 spiro atoms. The first-order valence-corrected chi connectivity index (χ1v) is 7.33. The number of nitrogens with zero attached hydrogens (tertiary/aromatic N) is 1. The highest BCUT2D eigenvalue weighted by molar-refractivity contribution is 5.85. The van der Waals surface area contributed by atoms with Crippen LogP contribution in [0.1, 0.15) is 18.0 Å². The van der Waals surface area contributed by atoms with Gasteiger partial charge >= 0.3 is 0 Å². The quantitative estimate of drug-likeness (QED) is 0.879. The minimum atomic E-state index is 0. The Morgan fingerprint density at radius 1 is 1.05 bits per heavy atom. The highest BCUT2D eigenvalue weighted by atomic mass is 35.5. The molecule has 110 valence electrons. The lowest BCUT2D eigenvalue weighted by Gasteiger charge is -2.38. The van der Waals surface area contributed by atoms with Gasteiger partial charge in [-0.3, -0.25) is 4.79 Å². The van der Waals surface area contributed by atoms with E-state index in [1.54, 1.807) is 6.07 Å². The molecule has 1 aromatic heterocycles. The second kappa shape index (κ2) is 5.66. The molecule has 1 saturated heterocycles. The maximum Gasteiger partial charge on any atom is 0.250 e. The van der Waals surface area contributed by atoms with Crippen molar-refractivity contribution in [1.82, 2.24) is 9.88 Å². The summed E-state index contributed by atoms with van der Waals surface area (Å²) in [5, 5.41) is 3.51. The molecule has 4 heteroatoms. The molecule has 0 aliphatic carbocycles. The van der Waals surface area contributed by atoms with Crippen LogP contribution in [0.4, 0.5) is 0 Å². The van der Waals surface area contributed by atoms with Gasteiger partial charge in [-0.05, 0) is 30.5 Å². The molecule has 1 fully saturated rings. The van der Waals surface area contributed by atoms with Crippen molar-refractivity contribution in [2.24, 2.45) is 5.92 Å². The van der Waals surface area contributed by atoms with E-state index in [9.17, 15) is 4.79 Å². The molecule has 0 saturated carbocycles. The number of hydrogen-bond donors (Lipinski definition) is 1. The van der Waals surface area contributed by atoms with Crippen LogP contribution < -0.4 is 10.9 Å². The van der Waals surface area contributed by atoms with Gasteiger partial charge in [0, 0.05) is 36.3 Å². The van der Waals surface area contributed by atoms with E-state index in [-0.39, 0.29) is 18.0 Å². The van der Waals surface area contributed by atoms with Gasteiger partial charge in [0.05, 0.1) is 0 Å². The van der Waals surface area contributed by atoms with Gasteiger partial charge < -0.3 is 9.88 Å². The van der Waals surface area contributed by atoms with E-state index in [2.05, 4.69) is 29.6 Å². The molecule has 21 heavy (non-hydrogen) atoms. The Bertz CT molecular complexity index is 696. The van der Waals surface area contributed by atoms with Crippen molar-refractivity contribution in [3.05, 3.63) is 58.5 Å². The number of halogens is 1. The minimum Gasteiger partial charge on any atom is -0.316 e. The zero-order valence-electron chi connectivity index (χ0n) is 11.8. The summed E-state index contributed by atoms with van der Waals surface area (Å²) in [6, 6.07) is 14.1. The van der Waals surface area contributed by atoms with Crippen LogP contribution in [0, 0.1) is 5.92 Å². The van der Waals surface area contributed by atoms with Crippen LogP contribution in [0.15, 0.2) is 47.3 Å². The molecule has 2 aromatic rings. The van der Waals surface area contributed by atoms with Crippen LogP contribution in [0.25, 0.3) is 11.1 Å². The van der Waals surface area contributed by atoms with E-state index in [1.807, 2.05) is 16.7 Å². The fourth-order valence-corrected chi connectivity index (χ4v) is 3.72. The van der Waals surface area contributed by atoms with Gasteiger partial charge in [0.2, 0.25) is 0 Å². The summed E-state index contributed by atoms with van der Waals surface area (Å²) in [6.45, 7) is 2.88. The third kappa shape index (κ3) is 2.41. The Labute approximate surface area is 130 Å². The van der Waals surface area contributed by atoms with Crippen molar-refractivity contribution in [2.45, 2.75) is 18.9 Å². The Morgan fingerprint density at radius 2 is 1.86 bits per heavy atom. The number of pyridine rings is 1. The van der Waals surface area contributed by atoms with Gasteiger partial charge in [-0.1, -0.05) is 30.3 Å². The highest BCUT2D eigenvalue weighted by Crippen LogP contribution is 2.37. The number of fused-ring (bicyclic) bond motifs is 4. The van der Waals surface area contributed by atoms with Gasteiger partial charge in [-0.15, -0.1) is 12.4 Å². The maximum atomic E-state index is 12.2. The lowest BCUT2D eigenvalue weighted by Crippen LogP contribution is -2.45. The van der Waals surface area contributed by atoms with Gasteiger partial charge in [-0.2, -0.15) is 0 Å². The zero-order valence-corrected chi connectivity index (χ0v) is 12.6. The molecule has 1 N–H and O–H groups in total. The first-order valence-electron chi connectivity index (χ1n) is 7.33. The predicted molar refractivity (Wildman–Crippen MR) is 87.1 cm³/mol. The normalized spacial score (nSPS) is 23.0. The van der Waals surface area contributed by atoms with Crippen LogP contribution in [0.2, 0.25) is 0 Å². The maximum absolute atomic E-state index is 12.2. The lowest BCUT2D eigenvalue weighted by molar-refractivity contribution is 0.258. The van der Waals surface area contributed by atoms with Gasteiger partial charge in [0.25, 0.3) is 5.56 Å². The predicted octanol–water partition coefficient (Wildman–Crippen LogP) is 2.64. The average molecular weight is 303 g/mol. The largest absolute Gasteiger partial charge is 0.316 e. The summed E-state index contributed by atoms with van der Waals surface area (Å²) in [5.74, 6) is 1.07. The van der Waals surface area contributed by atoms with Crippen molar-refractivity contribution in [3.8, 4) is 11.1 Å². The number of aromatic nitrogens is 1. The second-order valence-corrected chi connectivity index (χ2v) is 5.90. The number of nitrogens with one attached hydrogen (secondary N) is 1. The number of benzene rings is 1. The highest BCUT2D eigenvalue weighted by Gasteiger charge is 2.32.